The fourth-order valence-corrected chi connectivity index (χ4v) is 2.02. The lowest BCUT2D eigenvalue weighted by Gasteiger charge is -2.25. The van der Waals surface area contributed by atoms with Crippen LogP contribution in [0.3, 0.4) is 0 Å². The summed E-state index contributed by atoms with van der Waals surface area (Å²) in [5.41, 5.74) is 1.11. The standard InChI is InChI=1S/C13H19NO2/c15-13(10-11-4-2-1-3-5-11)16-12-6-8-14-9-7-12/h1-5,12-15H,6-10H2. The highest BCUT2D eigenvalue weighted by Gasteiger charge is 2.17. The fourth-order valence-electron chi connectivity index (χ4n) is 2.02. The minimum atomic E-state index is -0.675. The van der Waals surface area contributed by atoms with E-state index in [9.17, 15) is 5.11 Å². The van der Waals surface area contributed by atoms with Crippen LogP contribution in [0.2, 0.25) is 0 Å². The van der Waals surface area contributed by atoms with Gasteiger partial charge in [-0.15, -0.1) is 0 Å². The number of aliphatic hydroxyl groups is 1. The minimum absolute atomic E-state index is 0.208. The number of aliphatic hydroxyl groups excluding tert-OH is 1. The smallest absolute Gasteiger partial charge is 0.158 e. The van der Waals surface area contributed by atoms with Crippen LogP contribution in [-0.4, -0.2) is 30.6 Å². The van der Waals surface area contributed by atoms with Crippen molar-refractivity contribution in [2.45, 2.75) is 31.7 Å². The number of ether oxygens (including phenoxy) is 1. The highest BCUT2D eigenvalue weighted by atomic mass is 16.6. The first-order valence-electron chi connectivity index (χ1n) is 5.93. The minimum Gasteiger partial charge on any atom is -0.368 e. The van der Waals surface area contributed by atoms with Crippen LogP contribution >= 0.6 is 0 Å². The van der Waals surface area contributed by atoms with Crippen molar-refractivity contribution in [3.63, 3.8) is 0 Å². The Morgan fingerprint density at radius 1 is 1.25 bits per heavy atom. The summed E-state index contributed by atoms with van der Waals surface area (Å²) in [5, 5.41) is 13.1. The molecule has 3 heteroatoms. The SMILES string of the molecule is OC(Cc1ccccc1)OC1CCNCC1. The zero-order valence-corrected chi connectivity index (χ0v) is 9.43. The second-order valence-electron chi connectivity index (χ2n) is 4.23. The molecule has 2 rings (SSSR count). The third kappa shape index (κ3) is 3.59. The first-order chi connectivity index (χ1) is 7.84. The number of nitrogens with one attached hydrogen (secondary N) is 1. The van der Waals surface area contributed by atoms with Gasteiger partial charge in [-0.05, 0) is 31.5 Å². The van der Waals surface area contributed by atoms with E-state index in [1.807, 2.05) is 30.3 Å². The van der Waals surface area contributed by atoms with Gasteiger partial charge < -0.3 is 15.2 Å². The molecule has 2 N–H and O–H groups in total. The number of benzene rings is 1. The predicted octanol–water partition coefficient (Wildman–Crippen LogP) is 1.32. The van der Waals surface area contributed by atoms with Gasteiger partial charge in [0.15, 0.2) is 6.29 Å². The molecule has 0 spiro atoms. The van der Waals surface area contributed by atoms with Crippen molar-refractivity contribution >= 4 is 0 Å². The van der Waals surface area contributed by atoms with E-state index >= 15 is 0 Å². The third-order valence-electron chi connectivity index (χ3n) is 2.89. The van der Waals surface area contributed by atoms with E-state index in [4.69, 9.17) is 4.74 Å². The molecule has 1 atom stereocenters. The van der Waals surface area contributed by atoms with Crippen LogP contribution in [-0.2, 0) is 11.2 Å². The monoisotopic (exact) mass is 221 g/mol. The molecular weight excluding hydrogens is 202 g/mol. The van der Waals surface area contributed by atoms with Crippen molar-refractivity contribution in [2.24, 2.45) is 0 Å². The Hall–Kier alpha value is -0.900. The Bertz CT molecular complexity index is 296. The van der Waals surface area contributed by atoms with Crippen LogP contribution in [0.1, 0.15) is 18.4 Å². The van der Waals surface area contributed by atoms with Crippen LogP contribution in [0.15, 0.2) is 30.3 Å². The lowest BCUT2D eigenvalue weighted by atomic mass is 10.1. The second-order valence-corrected chi connectivity index (χ2v) is 4.23. The van der Waals surface area contributed by atoms with Gasteiger partial charge in [-0.25, -0.2) is 0 Å². The van der Waals surface area contributed by atoms with Crippen molar-refractivity contribution in [2.75, 3.05) is 13.1 Å². The lowest BCUT2D eigenvalue weighted by molar-refractivity contribution is -0.140. The normalized spacial score (nSPS) is 19.6. The van der Waals surface area contributed by atoms with E-state index in [2.05, 4.69) is 5.32 Å². The van der Waals surface area contributed by atoms with E-state index in [1.54, 1.807) is 0 Å². The number of hydrogen-bond acceptors (Lipinski definition) is 3. The van der Waals surface area contributed by atoms with Gasteiger partial charge in [0.05, 0.1) is 6.10 Å². The van der Waals surface area contributed by atoms with Gasteiger partial charge in [0.1, 0.15) is 0 Å². The van der Waals surface area contributed by atoms with Gasteiger partial charge >= 0.3 is 0 Å². The zero-order chi connectivity index (χ0) is 11.2. The van der Waals surface area contributed by atoms with Gasteiger partial charge in [0, 0.05) is 6.42 Å². The number of piperidine rings is 1. The summed E-state index contributed by atoms with van der Waals surface area (Å²) in [6.45, 7) is 1.98. The Balaban J connectivity index is 1.77. The highest BCUT2D eigenvalue weighted by molar-refractivity contribution is 5.14. The molecule has 0 amide bonds. The molecule has 3 nitrogen and oxygen atoms in total. The van der Waals surface area contributed by atoms with E-state index in [0.29, 0.717) is 6.42 Å². The summed E-state index contributed by atoms with van der Waals surface area (Å²) in [4.78, 5) is 0. The molecule has 0 bridgehead atoms. The maximum absolute atomic E-state index is 9.81. The van der Waals surface area contributed by atoms with Gasteiger partial charge in [0.25, 0.3) is 0 Å². The molecule has 0 aromatic heterocycles. The maximum Gasteiger partial charge on any atom is 0.158 e. The van der Waals surface area contributed by atoms with Crippen molar-refractivity contribution < 1.29 is 9.84 Å². The fraction of sp³-hybridized carbons (Fsp3) is 0.538. The third-order valence-corrected chi connectivity index (χ3v) is 2.89. The Kier molecular flexibility index (Phi) is 4.34. The van der Waals surface area contributed by atoms with Crippen LogP contribution < -0.4 is 5.32 Å². The first-order valence-corrected chi connectivity index (χ1v) is 5.93. The van der Waals surface area contributed by atoms with Crippen molar-refractivity contribution in [1.29, 1.82) is 0 Å². The van der Waals surface area contributed by atoms with Crippen LogP contribution in [0.4, 0.5) is 0 Å². The summed E-state index contributed by atoms with van der Waals surface area (Å²) >= 11 is 0. The van der Waals surface area contributed by atoms with E-state index in [-0.39, 0.29) is 6.10 Å². The van der Waals surface area contributed by atoms with Gasteiger partial charge in [0.2, 0.25) is 0 Å². The topological polar surface area (TPSA) is 41.5 Å². The molecule has 1 fully saturated rings. The van der Waals surface area contributed by atoms with Gasteiger partial charge in [-0.3, -0.25) is 0 Å². The van der Waals surface area contributed by atoms with Crippen LogP contribution in [0.5, 0.6) is 0 Å². The summed E-state index contributed by atoms with van der Waals surface area (Å²) in [6, 6.07) is 9.95. The van der Waals surface area contributed by atoms with Crippen molar-refractivity contribution in [3.05, 3.63) is 35.9 Å². The molecule has 1 aliphatic rings. The summed E-state index contributed by atoms with van der Waals surface area (Å²) in [6.07, 6.45) is 2.09. The molecule has 0 aliphatic carbocycles. The van der Waals surface area contributed by atoms with E-state index in [1.165, 1.54) is 0 Å². The van der Waals surface area contributed by atoms with Crippen molar-refractivity contribution in [3.8, 4) is 0 Å². The quantitative estimate of drug-likeness (QED) is 0.753. The van der Waals surface area contributed by atoms with E-state index < -0.39 is 6.29 Å². The molecule has 88 valence electrons. The molecule has 0 saturated carbocycles. The summed E-state index contributed by atoms with van der Waals surface area (Å²) in [5.74, 6) is 0. The molecule has 0 radical (unpaired) electrons. The average Bonchev–Trinajstić information content (AvgIpc) is 2.31. The number of hydrogen-bond donors (Lipinski definition) is 2. The second kappa shape index (κ2) is 5.99. The number of rotatable bonds is 4. The molecule has 16 heavy (non-hydrogen) atoms. The molecule has 1 aromatic rings. The van der Waals surface area contributed by atoms with Gasteiger partial charge in [-0.2, -0.15) is 0 Å². The highest BCUT2D eigenvalue weighted by Crippen LogP contribution is 2.12. The molecular formula is C13H19NO2. The molecule has 1 saturated heterocycles. The molecule has 1 aromatic carbocycles. The Labute approximate surface area is 96.4 Å². The lowest BCUT2D eigenvalue weighted by Crippen LogP contribution is -2.35. The molecule has 1 aliphatic heterocycles. The van der Waals surface area contributed by atoms with Crippen LogP contribution in [0, 0.1) is 0 Å². The van der Waals surface area contributed by atoms with Crippen molar-refractivity contribution in [1.82, 2.24) is 5.32 Å². The Morgan fingerprint density at radius 2 is 1.94 bits per heavy atom. The largest absolute Gasteiger partial charge is 0.368 e. The molecule has 1 unspecified atom stereocenters. The van der Waals surface area contributed by atoms with E-state index in [0.717, 1.165) is 31.5 Å². The van der Waals surface area contributed by atoms with Crippen LogP contribution in [0.25, 0.3) is 0 Å². The average molecular weight is 221 g/mol. The molecule has 1 heterocycles. The maximum atomic E-state index is 9.81. The summed E-state index contributed by atoms with van der Waals surface area (Å²) in [7, 11) is 0. The predicted molar refractivity (Wildman–Crippen MR) is 63.1 cm³/mol. The Morgan fingerprint density at radius 3 is 2.62 bits per heavy atom. The van der Waals surface area contributed by atoms with Gasteiger partial charge in [-0.1, -0.05) is 30.3 Å². The zero-order valence-electron chi connectivity index (χ0n) is 9.43. The summed E-state index contributed by atoms with van der Waals surface area (Å²) < 4.78 is 5.61. The first kappa shape index (κ1) is 11.6.